The molecule has 8 heteroatoms. The zero-order valence-electron chi connectivity index (χ0n) is 13.9. The van der Waals surface area contributed by atoms with E-state index >= 15 is 0 Å². The molecule has 1 amide bonds. The molecule has 2 N–H and O–H groups in total. The van der Waals surface area contributed by atoms with Crippen molar-refractivity contribution in [3.8, 4) is 0 Å². The standard InChI is InChI=1S/C17H18N4O3S/c1-10-15(25-11(2)19-10)9-24-17(23)13-8-14(16(18)22)21(20-13)12-6-4-3-5-7-12/h3-7,14H,8-9H2,1-2H3,(H2,18,22)/t14-/m1/s1. The minimum Gasteiger partial charge on any atom is -0.455 e. The number of thiazole rings is 1. The molecular formula is C17H18N4O3S. The van der Waals surface area contributed by atoms with Gasteiger partial charge in [-0.25, -0.2) is 9.78 Å². The molecule has 1 aliphatic rings. The summed E-state index contributed by atoms with van der Waals surface area (Å²) in [6.07, 6.45) is 0.129. The van der Waals surface area contributed by atoms with Crippen molar-refractivity contribution in [1.29, 1.82) is 0 Å². The number of aryl methyl sites for hydroxylation is 2. The number of carbonyl (C=O) groups excluding carboxylic acids is 2. The van der Waals surface area contributed by atoms with Crippen LogP contribution in [0.3, 0.4) is 0 Å². The van der Waals surface area contributed by atoms with Crippen LogP contribution in [0.25, 0.3) is 0 Å². The maximum absolute atomic E-state index is 12.3. The first kappa shape index (κ1) is 17.1. The highest BCUT2D eigenvalue weighted by molar-refractivity contribution is 7.11. The average Bonchev–Trinajstić information content (AvgIpc) is 3.17. The van der Waals surface area contributed by atoms with Gasteiger partial charge in [-0.1, -0.05) is 18.2 Å². The van der Waals surface area contributed by atoms with E-state index in [9.17, 15) is 9.59 Å². The van der Waals surface area contributed by atoms with Gasteiger partial charge in [-0.15, -0.1) is 11.3 Å². The SMILES string of the molecule is Cc1nc(C)c(COC(=O)C2=NN(c3ccccc3)[C@@H](C(N)=O)C2)s1. The summed E-state index contributed by atoms with van der Waals surface area (Å²) < 4.78 is 5.34. The van der Waals surface area contributed by atoms with Gasteiger partial charge in [0.2, 0.25) is 5.91 Å². The molecule has 1 aromatic carbocycles. The monoisotopic (exact) mass is 358 g/mol. The quantitative estimate of drug-likeness (QED) is 0.824. The largest absolute Gasteiger partial charge is 0.455 e. The van der Waals surface area contributed by atoms with E-state index in [1.807, 2.05) is 32.0 Å². The fourth-order valence-corrected chi connectivity index (χ4v) is 3.45. The maximum atomic E-state index is 12.3. The van der Waals surface area contributed by atoms with Gasteiger partial charge in [0, 0.05) is 6.42 Å². The number of carbonyl (C=O) groups is 2. The van der Waals surface area contributed by atoms with Crippen LogP contribution in [0.5, 0.6) is 0 Å². The molecule has 1 aromatic heterocycles. The fourth-order valence-electron chi connectivity index (χ4n) is 2.60. The second-order valence-electron chi connectivity index (χ2n) is 5.67. The second-order valence-corrected chi connectivity index (χ2v) is 6.95. The Balaban J connectivity index is 1.74. The van der Waals surface area contributed by atoms with Crippen LogP contribution in [0.15, 0.2) is 35.4 Å². The Labute approximate surface area is 149 Å². The second kappa shape index (κ2) is 7.02. The topological polar surface area (TPSA) is 97.9 Å². The fraction of sp³-hybridized carbons (Fsp3) is 0.294. The molecule has 130 valence electrons. The first-order valence-electron chi connectivity index (χ1n) is 7.77. The molecule has 1 aliphatic heterocycles. The van der Waals surface area contributed by atoms with Crippen LogP contribution in [0, 0.1) is 13.8 Å². The van der Waals surface area contributed by atoms with Crippen LogP contribution in [0.1, 0.15) is 22.0 Å². The molecule has 0 fully saturated rings. The van der Waals surface area contributed by atoms with E-state index in [4.69, 9.17) is 10.5 Å². The van der Waals surface area contributed by atoms with Crippen LogP contribution in [-0.4, -0.2) is 28.6 Å². The molecule has 0 bridgehead atoms. The van der Waals surface area contributed by atoms with E-state index < -0.39 is 17.9 Å². The number of aromatic nitrogens is 1. The van der Waals surface area contributed by atoms with E-state index in [0.717, 1.165) is 15.6 Å². The Morgan fingerprint density at radius 1 is 1.32 bits per heavy atom. The average molecular weight is 358 g/mol. The number of ether oxygens (including phenoxy) is 1. The van der Waals surface area contributed by atoms with Gasteiger partial charge in [0.15, 0.2) is 0 Å². The predicted octanol–water partition coefficient (Wildman–Crippen LogP) is 1.92. The molecule has 0 unspecified atom stereocenters. The van der Waals surface area contributed by atoms with E-state index in [-0.39, 0.29) is 18.7 Å². The van der Waals surface area contributed by atoms with Gasteiger partial charge < -0.3 is 10.5 Å². The number of nitrogens with zero attached hydrogens (tertiary/aromatic N) is 3. The van der Waals surface area contributed by atoms with Gasteiger partial charge in [0.1, 0.15) is 18.4 Å². The number of para-hydroxylation sites is 1. The molecule has 25 heavy (non-hydrogen) atoms. The first-order valence-corrected chi connectivity index (χ1v) is 8.58. The minimum absolute atomic E-state index is 0.129. The third kappa shape index (κ3) is 3.69. The maximum Gasteiger partial charge on any atom is 0.354 e. The van der Waals surface area contributed by atoms with Crippen LogP contribution < -0.4 is 10.7 Å². The minimum atomic E-state index is -0.697. The molecule has 7 nitrogen and oxygen atoms in total. The predicted molar refractivity (Wildman–Crippen MR) is 95.3 cm³/mol. The van der Waals surface area contributed by atoms with Crippen molar-refractivity contribution in [2.45, 2.75) is 32.9 Å². The van der Waals surface area contributed by atoms with Crippen molar-refractivity contribution >= 4 is 34.6 Å². The highest BCUT2D eigenvalue weighted by atomic mass is 32.1. The summed E-state index contributed by atoms with van der Waals surface area (Å²) in [6.45, 7) is 3.92. The van der Waals surface area contributed by atoms with Crippen LogP contribution >= 0.6 is 11.3 Å². The van der Waals surface area contributed by atoms with Gasteiger partial charge in [-0.05, 0) is 26.0 Å². The molecule has 0 saturated heterocycles. The third-order valence-electron chi connectivity index (χ3n) is 3.83. The number of hydrogen-bond donors (Lipinski definition) is 1. The summed E-state index contributed by atoms with van der Waals surface area (Å²) in [4.78, 5) is 29.3. The van der Waals surface area contributed by atoms with Crippen molar-refractivity contribution in [3.63, 3.8) is 0 Å². The Bertz CT molecular complexity index is 832. The van der Waals surface area contributed by atoms with Crippen molar-refractivity contribution < 1.29 is 14.3 Å². The molecule has 2 heterocycles. The number of rotatable bonds is 5. The van der Waals surface area contributed by atoms with Gasteiger partial charge in [0.05, 0.1) is 21.3 Å². The van der Waals surface area contributed by atoms with E-state index in [2.05, 4.69) is 10.1 Å². The Morgan fingerprint density at radius 2 is 2.04 bits per heavy atom. The summed E-state index contributed by atoms with van der Waals surface area (Å²) in [7, 11) is 0. The number of benzene rings is 1. The molecule has 1 atom stereocenters. The zero-order valence-corrected chi connectivity index (χ0v) is 14.7. The highest BCUT2D eigenvalue weighted by Gasteiger charge is 2.35. The number of primary amides is 1. The summed E-state index contributed by atoms with van der Waals surface area (Å²) in [5.74, 6) is -1.08. The smallest absolute Gasteiger partial charge is 0.354 e. The number of amides is 1. The number of hydrazone groups is 1. The summed E-state index contributed by atoms with van der Waals surface area (Å²) >= 11 is 1.49. The molecule has 0 radical (unpaired) electrons. The van der Waals surface area contributed by atoms with Crippen molar-refractivity contribution in [1.82, 2.24) is 4.98 Å². The van der Waals surface area contributed by atoms with E-state index in [1.54, 1.807) is 12.1 Å². The highest BCUT2D eigenvalue weighted by Crippen LogP contribution is 2.25. The molecule has 3 rings (SSSR count). The summed E-state index contributed by atoms with van der Waals surface area (Å²) in [5.41, 5.74) is 7.20. The lowest BCUT2D eigenvalue weighted by Crippen LogP contribution is -2.39. The lowest BCUT2D eigenvalue weighted by molar-refractivity contribution is -0.136. The number of esters is 1. The number of hydrogen-bond acceptors (Lipinski definition) is 7. The number of anilines is 1. The molecule has 0 spiro atoms. The van der Waals surface area contributed by atoms with Gasteiger partial charge in [0.25, 0.3) is 0 Å². The van der Waals surface area contributed by atoms with Crippen molar-refractivity contribution in [3.05, 3.63) is 45.9 Å². The Hall–Kier alpha value is -2.74. The van der Waals surface area contributed by atoms with E-state index in [0.29, 0.717) is 5.69 Å². The Kier molecular flexibility index (Phi) is 4.80. The Morgan fingerprint density at radius 3 is 2.64 bits per heavy atom. The molecule has 0 aliphatic carbocycles. The molecule has 0 saturated carbocycles. The van der Waals surface area contributed by atoms with E-state index in [1.165, 1.54) is 16.3 Å². The van der Waals surface area contributed by atoms with Crippen LogP contribution in [0.4, 0.5) is 5.69 Å². The first-order chi connectivity index (χ1) is 12.0. The summed E-state index contributed by atoms with van der Waals surface area (Å²) in [6, 6.07) is 8.42. The lowest BCUT2D eigenvalue weighted by atomic mass is 10.1. The van der Waals surface area contributed by atoms with Gasteiger partial charge in [-0.3, -0.25) is 9.80 Å². The molecule has 2 aromatic rings. The normalized spacial score (nSPS) is 16.6. The zero-order chi connectivity index (χ0) is 18.0. The summed E-state index contributed by atoms with van der Waals surface area (Å²) in [5, 5.41) is 6.66. The van der Waals surface area contributed by atoms with Gasteiger partial charge in [-0.2, -0.15) is 5.10 Å². The van der Waals surface area contributed by atoms with Crippen LogP contribution in [0.2, 0.25) is 0 Å². The molecular weight excluding hydrogens is 340 g/mol. The number of nitrogens with two attached hydrogens (primary N) is 1. The van der Waals surface area contributed by atoms with Crippen molar-refractivity contribution in [2.24, 2.45) is 10.8 Å². The van der Waals surface area contributed by atoms with Gasteiger partial charge >= 0.3 is 5.97 Å². The van der Waals surface area contributed by atoms with Crippen LogP contribution in [-0.2, 0) is 20.9 Å². The third-order valence-corrected chi connectivity index (χ3v) is 4.88. The van der Waals surface area contributed by atoms with Crippen molar-refractivity contribution in [2.75, 3.05) is 5.01 Å². The lowest BCUT2D eigenvalue weighted by Gasteiger charge is -2.20.